The molecule has 51 heavy (non-hydrogen) atoms. The maximum absolute atomic E-state index is 4.90. The smallest absolute Gasteiger partial charge is 0.0821 e. The number of hydrogen-bond donors (Lipinski definition) is 0. The molecule has 2 atom stereocenters. The molecule has 0 bridgehead atoms. The number of hydrogen-bond acceptors (Lipinski definition) is 0. The van der Waals surface area contributed by atoms with Crippen LogP contribution in [0.5, 0.6) is 0 Å². The fourth-order valence-electron chi connectivity index (χ4n) is 7.80. The molecule has 0 spiro atoms. The van der Waals surface area contributed by atoms with E-state index >= 15 is 0 Å². The first-order valence-corrected chi connectivity index (χ1v) is 20.8. The molecule has 6 rings (SSSR count). The van der Waals surface area contributed by atoms with Crippen LogP contribution in [0.25, 0.3) is 27.5 Å². The largest absolute Gasteiger partial charge is 0.0991 e. The lowest BCUT2D eigenvalue weighted by Gasteiger charge is -2.30. The van der Waals surface area contributed by atoms with E-state index in [4.69, 9.17) is 6.58 Å². The summed E-state index contributed by atoms with van der Waals surface area (Å²) in [6.45, 7) is 25.3. The zero-order valence-electron chi connectivity index (χ0n) is 31.5. The van der Waals surface area contributed by atoms with E-state index in [1.165, 1.54) is 77.1 Å². The summed E-state index contributed by atoms with van der Waals surface area (Å²) in [6, 6.07) is 40.0. The van der Waals surface area contributed by atoms with E-state index in [0.717, 1.165) is 6.42 Å². The lowest BCUT2D eigenvalue weighted by Crippen LogP contribution is -2.15. The SMILES string of the molecule is C=C/C=C\C1=C(C)[P+](C)(C)C(=C)C(C)(/C=C\C(C)c2c(C)ccc3ccccc23)C=C1c1ccc(C)c(-c2ccccc2Cc2ccccc2)c1. The lowest BCUT2D eigenvalue weighted by atomic mass is 9.81. The Kier molecular flexibility index (Phi) is 10.5. The van der Waals surface area contributed by atoms with Crippen LogP contribution in [0, 0.1) is 19.3 Å². The molecule has 1 heteroatoms. The minimum absolute atomic E-state index is 0.239. The van der Waals surface area contributed by atoms with Gasteiger partial charge < -0.3 is 0 Å². The highest BCUT2D eigenvalue weighted by atomic mass is 31.2. The van der Waals surface area contributed by atoms with Gasteiger partial charge in [-0.3, -0.25) is 0 Å². The minimum Gasteiger partial charge on any atom is -0.0991 e. The van der Waals surface area contributed by atoms with Crippen molar-refractivity contribution in [3.05, 3.63) is 208 Å². The van der Waals surface area contributed by atoms with Gasteiger partial charge in [0, 0.05) is 5.57 Å². The third-order valence-electron chi connectivity index (χ3n) is 11.1. The Morgan fingerprint density at radius 3 is 2.24 bits per heavy atom. The molecule has 0 nitrogen and oxygen atoms in total. The first-order valence-electron chi connectivity index (χ1n) is 18.1. The van der Waals surface area contributed by atoms with Gasteiger partial charge in [-0.15, -0.1) is 0 Å². The van der Waals surface area contributed by atoms with Crippen molar-refractivity contribution >= 4 is 23.6 Å². The average Bonchev–Trinajstić information content (AvgIpc) is 3.18. The van der Waals surface area contributed by atoms with E-state index in [1.807, 2.05) is 6.08 Å². The quantitative estimate of drug-likeness (QED) is 0.0824. The summed E-state index contributed by atoms with van der Waals surface area (Å²) in [5, 5.41) is 5.33. The van der Waals surface area contributed by atoms with Crippen LogP contribution in [0.3, 0.4) is 0 Å². The van der Waals surface area contributed by atoms with Crippen molar-refractivity contribution in [2.75, 3.05) is 13.3 Å². The molecule has 5 aromatic carbocycles. The maximum Gasteiger partial charge on any atom is 0.0821 e. The van der Waals surface area contributed by atoms with Crippen LogP contribution in [0.4, 0.5) is 0 Å². The molecule has 0 amide bonds. The molecule has 2 unspecified atom stereocenters. The molecule has 1 heterocycles. The predicted octanol–water partition coefficient (Wildman–Crippen LogP) is 14.3. The Morgan fingerprint density at radius 2 is 1.47 bits per heavy atom. The maximum atomic E-state index is 4.90. The topological polar surface area (TPSA) is 0 Å². The van der Waals surface area contributed by atoms with Crippen molar-refractivity contribution in [1.82, 2.24) is 0 Å². The molecular weight excluding hydrogens is 632 g/mol. The molecule has 0 aliphatic carbocycles. The number of rotatable bonds is 9. The van der Waals surface area contributed by atoms with Crippen LogP contribution in [0.2, 0.25) is 0 Å². The Labute approximate surface area is 307 Å². The number of allylic oxidation sites excluding steroid dienone is 10. The van der Waals surface area contributed by atoms with E-state index in [9.17, 15) is 0 Å². The molecular formula is C50H52P+. The number of aryl methyl sites for hydroxylation is 2. The zero-order valence-corrected chi connectivity index (χ0v) is 32.4. The van der Waals surface area contributed by atoms with Gasteiger partial charge in [0.1, 0.15) is 0 Å². The van der Waals surface area contributed by atoms with Gasteiger partial charge in [-0.2, -0.15) is 0 Å². The molecule has 0 aromatic heterocycles. The van der Waals surface area contributed by atoms with Gasteiger partial charge in [0.05, 0.1) is 36.6 Å². The fourth-order valence-corrected chi connectivity index (χ4v) is 10.3. The van der Waals surface area contributed by atoms with Gasteiger partial charge in [0.25, 0.3) is 0 Å². The summed E-state index contributed by atoms with van der Waals surface area (Å²) in [5.74, 6) is 0.239. The van der Waals surface area contributed by atoms with Crippen LogP contribution < -0.4 is 0 Å². The zero-order chi connectivity index (χ0) is 36.3. The van der Waals surface area contributed by atoms with Gasteiger partial charge in [0.2, 0.25) is 0 Å². The third-order valence-corrected chi connectivity index (χ3v) is 14.9. The molecule has 0 saturated heterocycles. The lowest BCUT2D eigenvalue weighted by molar-refractivity contribution is 0.696. The molecule has 0 N–H and O–H groups in total. The van der Waals surface area contributed by atoms with Crippen molar-refractivity contribution < 1.29 is 0 Å². The van der Waals surface area contributed by atoms with Crippen LogP contribution >= 0.6 is 7.26 Å². The predicted molar refractivity (Wildman–Crippen MR) is 228 cm³/mol. The van der Waals surface area contributed by atoms with Gasteiger partial charge in [0.15, 0.2) is 0 Å². The van der Waals surface area contributed by atoms with E-state index in [0.29, 0.717) is 0 Å². The van der Waals surface area contributed by atoms with Gasteiger partial charge in [-0.1, -0.05) is 160 Å². The number of benzene rings is 5. The van der Waals surface area contributed by atoms with Gasteiger partial charge >= 0.3 is 0 Å². The van der Waals surface area contributed by atoms with Crippen molar-refractivity contribution in [2.24, 2.45) is 5.41 Å². The fraction of sp³-hybridized carbons (Fsp3) is 0.200. The van der Waals surface area contributed by atoms with Crippen molar-refractivity contribution in [3.8, 4) is 11.1 Å². The summed E-state index contributed by atoms with van der Waals surface area (Å²) in [5.41, 5.74) is 12.6. The summed E-state index contributed by atoms with van der Waals surface area (Å²) in [4.78, 5) is 0. The van der Waals surface area contributed by atoms with E-state index < -0.39 is 7.26 Å². The standard InChI is InChI=1S/C50H52P/c1-10-11-23-44-38(5)51(8,9)39(6)50(7,31-30-37(4)49-36(3)27-28-41-21-15-18-25-46(41)49)34-48(44)43-29-26-35(2)47(33-43)45-24-17-16-22-42(45)32-40-19-13-12-14-20-40/h10-31,33-34,37H,1,6,32H2,2-5,7-9H3/q+1/b23-11-,31-30-. The number of fused-ring (bicyclic) bond motifs is 1. The first kappa shape index (κ1) is 36.0. The summed E-state index contributed by atoms with van der Waals surface area (Å²) < 4.78 is 0. The first-order chi connectivity index (χ1) is 24.4. The van der Waals surface area contributed by atoms with Gasteiger partial charge in [-0.25, -0.2) is 0 Å². The average molecular weight is 684 g/mol. The molecule has 0 radical (unpaired) electrons. The molecule has 1 aliphatic heterocycles. The van der Waals surface area contributed by atoms with Crippen LogP contribution in [0.15, 0.2) is 175 Å². The molecule has 256 valence electrons. The van der Waals surface area contributed by atoms with Crippen LogP contribution in [-0.2, 0) is 6.42 Å². The highest BCUT2D eigenvalue weighted by Gasteiger charge is 2.45. The van der Waals surface area contributed by atoms with E-state index in [1.54, 1.807) is 0 Å². The van der Waals surface area contributed by atoms with Crippen LogP contribution in [0.1, 0.15) is 60.1 Å². The van der Waals surface area contributed by atoms with Gasteiger partial charge in [-0.05, 0) is 107 Å². The molecule has 0 fully saturated rings. The van der Waals surface area contributed by atoms with E-state index in [-0.39, 0.29) is 11.3 Å². The van der Waals surface area contributed by atoms with E-state index in [2.05, 4.69) is 194 Å². The Bertz CT molecular complexity index is 2240. The van der Waals surface area contributed by atoms with Crippen LogP contribution in [-0.4, -0.2) is 13.3 Å². The second-order valence-corrected chi connectivity index (χ2v) is 19.0. The molecule has 1 aliphatic rings. The molecule has 0 saturated carbocycles. The highest BCUT2D eigenvalue weighted by Crippen LogP contribution is 2.73. The minimum atomic E-state index is -1.75. The Morgan fingerprint density at radius 1 is 0.784 bits per heavy atom. The monoisotopic (exact) mass is 683 g/mol. The second-order valence-electron chi connectivity index (χ2n) is 14.8. The normalized spacial score (nSPS) is 18.3. The van der Waals surface area contributed by atoms with Crippen molar-refractivity contribution in [1.29, 1.82) is 0 Å². The summed E-state index contributed by atoms with van der Waals surface area (Å²) in [6.07, 6.45) is 14.5. The van der Waals surface area contributed by atoms with Crippen molar-refractivity contribution in [2.45, 2.75) is 47.0 Å². The summed E-state index contributed by atoms with van der Waals surface area (Å²) in [7, 11) is -1.75. The Balaban J connectivity index is 1.51. The highest BCUT2D eigenvalue weighted by molar-refractivity contribution is 7.82. The molecule has 5 aromatic rings. The second kappa shape index (κ2) is 14.8. The van der Waals surface area contributed by atoms with Crippen molar-refractivity contribution in [3.63, 3.8) is 0 Å². The summed E-state index contributed by atoms with van der Waals surface area (Å²) >= 11 is 0. The Hall–Kier alpha value is -4.77. The third kappa shape index (κ3) is 7.22.